The number of benzene rings is 1. The highest BCUT2D eigenvalue weighted by molar-refractivity contribution is 6.51. The molecule has 186 valence electrons. The molecule has 3 unspecified atom stereocenters. The number of aliphatic carboxylic acids is 1. The third-order valence-electron chi connectivity index (χ3n) is 5.01. The fourth-order valence-corrected chi connectivity index (χ4v) is 3.22. The molecule has 10 nitrogen and oxygen atoms in total. The largest absolute Gasteiger partial charge is 0.480 e. The second kappa shape index (κ2) is 12.0. The molecule has 0 aliphatic heterocycles. The summed E-state index contributed by atoms with van der Waals surface area (Å²) in [5.74, 6) is -3.73. The number of hydrogen-bond acceptors (Lipinski definition) is 6. The normalized spacial score (nSPS) is 18.5. The molecule has 1 aliphatic rings. The molecule has 1 aliphatic carbocycles. The summed E-state index contributed by atoms with van der Waals surface area (Å²) in [6, 6.07) is 5.87. The van der Waals surface area contributed by atoms with Crippen molar-refractivity contribution in [1.82, 2.24) is 16.0 Å². The highest BCUT2D eigenvalue weighted by Gasteiger charge is 2.55. The Bertz CT molecular complexity index is 926. The first-order valence-electron chi connectivity index (χ1n) is 10.6. The van der Waals surface area contributed by atoms with Gasteiger partial charge >= 0.3 is 11.9 Å². The number of ether oxygens (including phenoxy) is 1. The third kappa shape index (κ3) is 8.83. The zero-order chi connectivity index (χ0) is 25.5. The van der Waals surface area contributed by atoms with Gasteiger partial charge in [0.15, 0.2) is 4.33 Å². The van der Waals surface area contributed by atoms with Crippen LogP contribution in [0.1, 0.15) is 38.7 Å². The Balaban J connectivity index is 1.86. The highest BCUT2D eigenvalue weighted by Crippen LogP contribution is 2.49. The molecule has 0 spiro atoms. The van der Waals surface area contributed by atoms with Crippen LogP contribution < -0.4 is 16.0 Å². The van der Waals surface area contributed by atoms with Crippen LogP contribution in [0.5, 0.6) is 0 Å². The second-order valence-corrected chi connectivity index (χ2v) is 9.60. The summed E-state index contributed by atoms with van der Waals surface area (Å²) in [5.41, 5.74) is 0.789. The van der Waals surface area contributed by atoms with Crippen molar-refractivity contribution in [3.05, 3.63) is 35.9 Å². The summed E-state index contributed by atoms with van der Waals surface area (Å²) in [6.07, 6.45) is -0.685. The highest BCUT2D eigenvalue weighted by atomic mass is 35.5. The van der Waals surface area contributed by atoms with Crippen molar-refractivity contribution < 1.29 is 33.8 Å². The summed E-state index contributed by atoms with van der Waals surface area (Å²) in [6.45, 7) is 2.68. The van der Waals surface area contributed by atoms with Gasteiger partial charge in [0, 0.05) is 25.7 Å². The molecule has 0 saturated heterocycles. The molecule has 3 amide bonds. The van der Waals surface area contributed by atoms with Gasteiger partial charge in [-0.25, -0.2) is 4.79 Å². The van der Waals surface area contributed by atoms with Crippen LogP contribution in [0.15, 0.2) is 30.3 Å². The van der Waals surface area contributed by atoms with Crippen molar-refractivity contribution in [2.45, 2.75) is 68.1 Å². The van der Waals surface area contributed by atoms with Gasteiger partial charge in [0.2, 0.25) is 17.7 Å². The lowest BCUT2D eigenvalue weighted by Gasteiger charge is -2.19. The van der Waals surface area contributed by atoms with E-state index in [2.05, 4.69) is 16.0 Å². The number of carbonyl (C=O) groups is 5. The summed E-state index contributed by atoms with van der Waals surface area (Å²) in [4.78, 5) is 59.9. The Morgan fingerprint density at radius 3 is 2.09 bits per heavy atom. The molecule has 4 N–H and O–H groups in total. The summed E-state index contributed by atoms with van der Waals surface area (Å²) in [5, 5.41) is 16.0. The molecular formula is C22H27Cl2N3O7. The number of amides is 3. The number of alkyl halides is 2. The van der Waals surface area contributed by atoms with Crippen LogP contribution in [0.2, 0.25) is 0 Å². The zero-order valence-electron chi connectivity index (χ0n) is 18.7. The van der Waals surface area contributed by atoms with E-state index in [1.807, 2.05) is 6.07 Å². The molecule has 4 atom stereocenters. The average molecular weight is 516 g/mol. The maximum Gasteiger partial charge on any atom is 0.329 e. The van der Waals surface area contributed by atoms with Crippen LogP contribution in [0.25, 0.3) is 0 Å². The lowest BCUT2D eigenvalue weighted by molar-refractivity contribution is -0.149. The van der Waals surface area contributed by atoms with E-state index < -0.39 is 58.2 Å². The zero-order valence-corrected chi connectivity index (χ0v) is 20.2. The van der Waals surface area contributed by atoms with E-state index in [1.54, 1.807) is 24.3 Å². The predicted octanol–water partition coefficient (Wildman–Crippen LogP) is 1.08. The summed E-state index contributed by atoms with van der Waals surface area (Å²) < 4.78 is 4.16. The van der Waals surface area contributed by atoms with Gasteiger partial charge in [-0.3, -0.25) is 19.2 Å². The second-order valence-electron chi connectivity index (χ2n) is 8.06. The van der Waals surface area contributed by atoms with Crippen molar-refractivity contribution in [1.29, 1.82) is 0 Å². The fourth-order valence-electron chi connectivity index (χ4n) is 2.85. The monoisotopic (exact) mass is 515 g/mol. The quantitative estimate of drug-likeness (QED) is 0.240. The van der Waals surface area contributed by atoms with Gasteiger partial charge in [-0.1, -0.05) is 53.5 Å². The number of halogens is 2. The van der Waals surface area contributed by atoms with Gasteiger partial charge in [-0.2, -0.15) is 0 Å². The van der Waals surface area contributed by atoms with Gasteiger partial charge in [-0.05, 0) is 19.4 Å². The molecule has 1 aromatic rings. The van der Waals surface area contributed by atoms with E-state index >= 15 is 0 Å². The maximum absolute atomic E-state index is 12.6. The number of carboxylic acid groups (broad SMARTS) is 1. The topological polar surface area (TPSA) is 151 Å². The third-order valence-corrected chi connectivity index (χ3v) is 5.80. The van der Waals surface area contributed by atoms with Gasteiger partial charge in [0.25, 0.3) is 0 Å². The first-order valence-corrected chi connectivity index (χ1v) is 11.4. The fraction of sp³-hybridized carbons (Fsp3) is 0.500. The van der Waals surface area contributed by atoms with Crippen LogP contribution in [0, 0.1) is 0 Å². The first kappa shape index (κ1) is 27.4. The summed E-state index contributed by atoms with van der Waals surface area (Å²) in [7, 11) is 0. The lowest BCUT2D eigenvalue weighted by Crippen LogP contribution is -2.49. The van der Waals surface area contributed by atoms with Crippen molar-refractivity contribution in [3.8, 4) is 0 Å². The van der Waals surface area contributed by atoms with E-state index in [0.29, 0.717) is 6.42 Å². The van der Waals surface area contributed by atoms with E-state index in [0.717, 1.165) is 5.56 Å². The summed E-state index contributed by atoms with van der Waals surface area (Å²) >= 11 is 11.8. The lowest BCUT2D eigenvalue weighted by atomic mass is 10.1. The number of esters is 1. The van der Waals surface area contributed by atoms with Crippen molar-refractivity contribution >= 4 is 52.9 Å². The Labute approximate surface area is 206 Å². The minimum atomic E-state index is -1.21. The Hall–Kier alpha value is -2.85. The van der Waals surface area contributed by atoms with Crippen LogP contribution >= 0.6 is 23.2 Å². The molecule has 0 radical (unpaired) electrons. The number of carbonyl (C=O) groups excluding carboxylic acids is 4. The number of carboxylic acids is 1. The average Bonchev–Trinajstić information content (AvgIpc) is 3.37. The van der Waals surface area contributed by atoms with E-state index in [9.17, 15) is 24.0 Å². The van der Waals surface area contributed by atoms with Gasteiger partial charge in [0.1, 0.15) is 24.2 Å². The minimum absolute atomic E-state index is 0.168. The van der Waals surface area contributed by atoms with Crippen molar-refractivity contribution in [2.75, 3.05) is 0 Å². The molecule has 0 heterocycles. The molecule has 12 heteroatoms. The molecule has 0 aromatic heterocycles. The molecule has 2 rings (SSSR count). The van der Waals surface area contributed by atoms with Crippen molar-refractivity contribution in [2.24, 2.45) is 0 Å². The molecule has 1 fully saturated rings. The molecule has 0 bridgehead atoms. The van der Waals surface area contributed by atoms with Crippen LogP contribution in [-0.4, -0.2) is 63.3 Å². The van der Waals surface area contributed by atoms with Crippen LogP contribution in [-0.2, 0) is 35.1 Å². The van der Waals surface area contributed by atoms with E-state index in [-0.39, 0.29) is 19.3 Å². The number of nitrogens with one attached hydrogen (secondary N) is 3. The molecular weight excluding hydrogens is 489 g/mol. The number of rotatable bonds is 12. The molecule has 34 heavy (non-hydrogen) atoms. The van der Waals surface area contributed by atoms with E-state index in [1.165, 1.54) is 13.8 Å². The molecule has 1 saturated carbocycles. The standard InChI is InChI=1S/C22H27Cl2N3O7/c1-12(19(30)26-13(2)20(31)32)25-17(28)8-9-18(29)27-15(10-14-6-4-3-5-7-14)21(33)34-16-11-22(16,23)24/h3-7,12-13,15-16H,8-11H2,1-2H3,(H,25,28)(H,26,30)(H,27,29)(H,31,32)/t12?,13?,15-,16?/m0/s1. The maximum atomic E-state index is 12.6. The smallest absolute Gasteiger partial charge is 0.329 e. The van der Waals surface area contributed by atoms with Crippen molar-refractivity contribution in [3.63, 3.8) is 0 Å². The SMILES string of the molecule is CC(NC(=O)C(C)NC(=O)CCC(=O)N[C@@H](Cc1ccccc1)C(=O)OC1CC1(Cl)Cl)C(=O)O. The molecule has 1 aromatic carbocycles. The van der Waals surface area contributed by atoms with E-state index in [4.69, 9.17) is 33.0 Å². The van der Waals surface area contributed by atoms with Gasteiger partial charge < -0.3 is 25.8 Å². The predicted molar refractivity (Wildman–Crippen MR) is 123 cm³/mol. The first-order chi connectivity index (χ1) is 15.9. The van der Waals surface area contributed by atoms with Gasteiger partial charge in [-0.15, -0.1) is 0 Å². The number of hydrogen-bond donors (Lipinski definition) is 4. The van der Waals surface area contributed by atoms with Crippen LogP contribution in [0.3, 0.4) is 0 Å². The Kier molecular flexibility index (Phi) is 9.69. The van der Waals surface area contributed by atoms with Crippen LogP contribution in [0.4, 0.5) is 0 Å². The van der Waals surface area contributed by atoms with Gasteiger partial charge in [0.05, 0.1) is 0 Å². The Morgan fingerprint density at radius 2 is 1.56 bits per heavy atom. The minimum Gasteiger partial charge on any atom is -0.480 e. The Morgan fingerprint density at radius 1 is 1.00 bits per heavy atom.